The molecule has 1 saturated heterocycles. The minimum absolute atomic E-state index is 0.0248. The summed E-state index contributed by atoms with van der Waals surface area (Å²) in [6.07, 6.45) is -3.55. The van der Waals surface area contributed by atoms with Crippen LogP contribution >= 0.6 is 0 Å². The number of amides is 1. The molecule has 0 radical (unpaired) electrons. The standard InChI is InChI=1S/C26H28F3N5O3S/c27-26(28,29)21-4-3-5-23(17-21)38(36,37)34(13-2-1-12-30)22-10-14-33(15-11-22)25(35)24(32)16-19-6-8-20(18-31)9-7-19/h3-9,17,22,24H,1-2,10-11,13-16,32H2. The molecule has 1 aliphatic heterocycles. The van der Waals surface area contributed by atoms with Crippen LogP contribution in [-0.4, -0.2) is 55.2 Å². The molecule has 202 valence electrons. The number of rotatable bonds is 9. The molecular weight excluding hydrogens is 519 g/mol. The molecule has 0 aromatic heterocycles. The van der Waals surface area contributed by atoms with Crippen LogP contribution in [0.2, 0.25) is 0 Å². The number of likely N-dealkylation sites (tertiary alicyclic amines) is 1. The fourth-order valence-corrected chi connectivity index (χ4v) is 6.22. The molecule has 2 aromatic carbocycles. The van der Waals surface area contributed by atoms with E-state index in [1.807, 2.05) is 12.1 Å². The Morgan fingerprint density at radius 1 is 1.13 bits per heavy atom. The lowest BCUT2D eigenvalue weighted by atomic mass is 10.0. The Morgan fingerprint density at radius 3 is 2.37 bits per heavy atom. The average Bonchev–Trinajstić information content (AvgIpc) is 2.91. The normalized spacial score (nSPS) is 15.6. The molecule has 1 fully saturated rings. The smallest absolute Gasteiger partial charge is 0.341 e. The summed E-state index contributed by atoms with van der Waals surface area (Å²) in [7, 11) is -4.29. The maximum absolute atomic E-state index is 13.4. The van der Waals surface area contributed by atoms with Crippen LogP contribution in [0.1, 0.15) is 42.4 Å². The Hall–Kier alpha value is -3.45. The molecule has 3 rings (SSSR count). The number of nitrogens with two attached hydrogens (primary N) is 1. The molecule has 1 unspecified atom stereocenters. The highest BCUT2D eigenvalue weighted by Crippen LogP contribution is 2.32. The predicted octanol–water partition coefficient (Wildman–Crippen LogP) is 3.43. The zero-order valence-electron chi connectivity index (χ0n) is 20.6. The fourth-order valence-electron chi connectivity index (χ4n) is 4.45. The number of carbonyl (C=O) groups is 1. The van der Waals surface area contributed by atoms with Crippen LogP contribution in [0.5, 0.6) is 0 Å². The van der Waals surface area contributed by atoms with Crippen molar-refractivity contribution in [3.05, 3.63) is 65.2 Å². The fraction of sp³-hybridized carbons (Fsp3) is 0.423. The zero-order chi connectivity index (χ0) is 27.9. The molecule has 0 saturated carbocycles. The van der Waals surface area contributed by atoms with E-state index in [0.29, 0.717) is 11.6 Å². The first kappa shape index (κ1) is 29.1. The van der Waals surface area contributed by atoms with Crippen LogP contribution in [0.4, 0.5) is 13.2 Å². The van der Waals surface area contributed by atoms with Crippen LogP contribution < -0.4 is 5.73 Å². The van der Waals surface area contributed by atoms with Gasteiger partial charge in [-0.2, -0.15) is 28.0 Å². The lowest BCUT2D eigenvalue weighted by Crippen LogP contribution is -2.52. The number of nitrogens with zero attached hydrogens (tertiary/aromatic N) is 4. The molecule has 0 bridgehead atoms. The number of halogens is 3. The highest BCUT2D eigenvalue weighted by atomic mass is 32.2. The molecule has 0 spiro atoms. The van der Waals surface area contributed by atoms with Gasteiger partial charge in [0.2, 0.25) is 15.9 Å². The van der Waals surface area contributed by atoms with Gasteiger partial charge >= 0.3 is 6.18 Å². The topological polar surface area (TPSA) is 131 Å². The molecule has 12 heteroatoms. The van der Waals surface area contributed by atoms with Crippen LogP contribution in [-0.2, 0) is 27.4 Å². The van der Waals surface area contributed by atoms with Crippen LogP contribution in [0, 0.1) is 22.7 Å². The lowest BCUT2D eigenvalue weighted by molar-refractivity contribution is -0.137. The monoisotopic (exact) mass is 547 g/mol. The number of alkyl halides is 3. The number of unbranched alkanes of at least 4 members (excludes halogenated alkanes) is 1. The summed E-state index contributed by atoms with van der Waals surface area (Å²) in [6.45, 7) is 0.442. The minimum atomic E-state index is -4.70. The van der Waals surface area contributed by atoms with E-state index < -0.39 is 38.7 Å². The van der Waals surface area contributed by atoms with E-state index in [9.17, 15) is 26.4 Å². The minimum Gasteiger partial charge on any atom is -0.341 e. The Morgan fingerprint density at radius 2 is 1.79 bits per heavy atom. The van der Waals surface area contributed by atoms with Crippen molar-refractivity contribution in [1.82, 2.24) is 9.21 Å². The van der Waals surface area contributed by atoms with Crippen molar-refractivity contribution in [2.75, 3.05) is 19.6 Å². The van der Waals surface area contributed by atoms with E-state index in [1.165, 1.54) is 4.31 Å². The van der Waals surface area contributed by atoms with Gasteiger partial charge in [0.1, 0.15) is 0 Å². The number of sulfonamides is 1. The quantitative estimate of drug-likeness (QED) is 0.479. The molecule has 1 amide bonds. The first-order valence-corrected chi connectivity index (χ1v) is 13.5. The Kier molecular flexibility index (Phi) is 9.50. The average molecular weight is 548 g/mol. The third-order valence-electron chi connectivity index (χ3n) is 6.47. The van der Waals surface area contributed by atoms with E-state index in [0.717, 1.165) is 23.8 Å². The summed E-state index contributed by atoms with van der Waals surface area (Å²) in [5.74, 6) is -0.287. The van der Waals surface area contributed by atoms with Gasteiger partial charge in [-0.3, -0.25) is 4.79 Å². The summed E-state index contributed by atoms with van der Waals surface area (Å²) in [6, 6.07) is 13.0. The Labute approximate surface area is 220 Å². The van der Waals surface area contributed by atoms with Crippen molar-refractivity contribution in [2.24, 2.45) is 5.73 Å². The summed E-state index contributed by atoms with van der Waals surface area (Å²) < 4.78 is 67.7. The third-order valence-corrected chi connectivity index (χ3v) is 8.42. The first-order chi connectivity index (χ1) is 18.0. The second-order valence-corrected chi connectivity index (χ2v) is 11.0. The van der Waals surface area contributed by atoms with E-state index in [1.54, 1.807) is 29.2 Å². The first-order valence-electron chi connectivity index (χ1n) is 12.1. The number of carbonyl (C=O) groups excluding carboxylic acids is 1. The van der Waals surface area contributed by atoms with Gasteiger partial charge in [0.25, 0.3) is 0 Å². The van der Waals surface area contributed by atoms with E-state index in [-0.39, 0.29) is 57.6 Å². The highest BCUT2D eigenvalue weighted by molar-refractivity contribution is 7.89. The van der Waals surface area contributed by atoms with E-state index >= 15 is 0 Å². The van der Waals surface area contributed by atoms with Gasteiger partial charge in [0.15, 0.2) is 0 Å². The number of benzene rings is 2. The molecule has 1 aliphatic rings. The van der Waals surface area contributed by atoms with Gasteiger partial charge in [-0.25, -0.2) is 8.42 Å². The number of piperidine rings is 1. The summed E-state index contributed by atoms with van der Waals surface area (Å²) in [4.78, 5) is 14.0. The van der Waals surface area contributed by atoms with Gasteiger partial charge in [0.05, 0.1) is 34.2 Å². The van der Waals surface area contributed by atoms with Crippen LogP contribution in [0.3, 0.4) is 0 Å². The molecule has 2 aromatic rings. The molecule has 1 heterocycles. The van der Waals surface area contributed by atoms with Crippen molar-refractivity contribution in [2.45, 2.75) is 55.3 Å². The van der Waals surface area contributed by atoms with Crippen LogP contribution in [0.15, 0.2) is 53.4 Å². The van der Waals surface area contributed by atoms with Gasteiger partial charge < -0.3 is 10.6 Å². The number of hydrogen-bond donors (Lipinski definition) is 1. The van der Waals surface area contributed by atoms with Crippen molar-refractivity contribution in [1.29, 1.82) is 10.5 Å². The summed E-state index contributed by atoms with van der Waals surface area (Å²) in [5, 5.41) is 17.8. The Balaban J connectivity index is 1.71. The van der Waals surface area contributed by atoms with Gasteiger partial charge in [0, 0.05) is 32.1 Å². The van der Waals surface area contributed by atoms with Gasteiger partial charge in [-0.05, 0) is 61.6 Å². The van der Waals surface area contributed by atoms with Crippen molar-refractivity contribution in [3.63, 3.8) is 0 Å². The molecule has 0 aliphatic carbocycles. The number of nitriles is 2. The third kappa shape index (κ3) is 7.10. The molecule has 8 nitrogen and oxygen atoms in total. The molecule has 1 atom stereocenters. The Bertz CT molecular complexity index is 1310. The maximum atomic E-state index is 13.4. The van der Waals surface area contributed by atoms with Gasteiger partial charge in [-0.15, -0.1) is 0 Å². The molecular formula is C26H28F3N5O3S. The van der Waals surface area contributed by atoms with Crippen molar-refractivity contribution in [3.8, 4) is 12.1 Å². The zero-order valence-corrected chi connectivity index (χ0v) is 21.4. The maximum Gasteiger partial charge on any atom is 0.416 e. The van der Waals surface area contributed by atoms with Gasteiger partial charge in [-0.1, -0.05) is 18.2 Å². The number of hydrogen-bond acceptors (Lipinski definition) is 6. The van der Waals surface area contributed by atoms with E-state index in [4.69, 9.17) is 16.3 Å². The molecule has 2 N–H and O–H groups in total. The summed E-state index contributed by atoms with van der Waals surface area (Å²) in [5.41, 5.74) is 6.37. The van der Waals surface area contributed by atoms with Crippen molar-refractivity contribution >= 4 is 15.9 Å². The SMILES string of the molecule is N#CCCCN(C1CCN(C(=O)C(N)Cc2ccc(C#N)cc2)CC1)S(=O)(=O)c1cccc(C(F)(F)F)c1. The van der Waals surface area contributed by atoms with Crippen LogP contribution in [0.25, 0.3) is 0 Å². The lowest BCUT2D eigenvalue weighted by Gasteiger charge is -2.38. The van der Waals surface area contributed by atoms with E-state index in [2.05, 4.69) is 0 Å². The highest BCUT2D eigenvalue weighted by Gasteiger charge is 2.37. The summed E-state index contributed by atoms with van der Waals surface area (Å²) >= 11 is 0. The molecule has 38 heavy (non-hydrogen) atoms. The second kappa shape index (κ2) is 12.4. The second-order valence-electron chi connectivity index (χ2n) is 9.08. The largest absolute Gasteiger partial charge is 0.416 e. The van der Waals surface area contributed by atoms with Crippen molar-refractivity contribution < 1.29 is 26.4 Å². The predicted molar refractivity (Wildman–Crippen MR) is 133 cm³/mol.